The Bertz CT molecular complexity index is 719. The topological polar surface area (TPSA) is 68.5 Å². The van der Waals surface area contributed by atoms with E-state index in [1.54, 1.807) is 30.3 Å². The van der Waals surface area contributed by atoms with Crippen LogP contribution in [0.15, 0.2) is 42.5 Å². The first-order valence-electron chi connectivity index (χ1n) is 6.71. The van der Waals surface area contributed by atoms with E-state index in [-0.39, 0.29) is 5.75 Å². The Morgan fingerprint density at radius 1 is 1.14 bits per heavy atom. The summed E-state index contributed by atoms with van der Waals surface area (Å²) in [5.74, 6) is 0.490. The third-order valence-corrected chi connectivity index (χ3v) is 2.90. The number of esters is 1. The fraction of sp³-hybridized carbons (Fsp3) is 0.176. The lowest BCUT2D eigenvalue weighted by Crippen LogP contribution is -2.11. The van der Waals surface area contributed by atoms with Gasteiger partial charge in [0.1, 0.15) is 11.3 Å². The molecule has 0 amide bonds. The molecule has 0 aliphatic heterocycles. The van der Waals surface area contributed by atoms with Crippen LogP contribution in [0.3, 0.4) is 0 Å². The molecule has 0 fully saturated rings. The van der Waals surface area contributed by atoms with E-state index in [1.165, 1.54) is 19.2 Å². The van der Waals surface area contributed by atoms with Gasteiger partial charge < -0.3 is 14.2 Å². The molecule has 0 saturated carbocycles. The molecule has 0 saturated heterocycles. The van der Waals surface area contributed by atoms with E-state index in [2.05, 4.69) is 0 Å². The molecule has 5 nitrogen and oxygen atoms in total. The highest BCUT2D eigenvalue weighted by Gasteiger charge is 2.16. The number of rotatable bonds is 5. The third-order valence-electron chi connectivity index (χ3n) is 2.90. The van der Waals surface area contributed by atoms with Gasteiger partial charge >= 0.3 is 5.97 Å². The summed E-state index contributed by atoms with van der Waals surface area (Å²) in [7, 11) is 1.49. The lowest BCUT2D eigenvalue weighted by molar-refractivity contribution is 0.0725. The first kappa shape index (κ1) is 15.4. The van der Waals surface area contributed by atoms with Crippen molar-refractivity contribution in [1.82, 2.24) is 0 Å². The van der Waals surface area contributed by atoms with Crippen molar-refractivity contribution in [1.29, 1.82) is 5.26 Å². The van der Waals surface area contributed by atoms with E-state index >= 15 is 0 Å². The molecule has 0 spiro atoms. The van der Waals surface area contributed by atoms with Gasteiger partial charge in [0.15, 0.2) is 11.5 Å². The zero-order valence-electron chi connectivity index (χ0n) is 12.3. The van der Waals surface area contributed by atoms with Gasteiger partial charge in [-0.1, -0.05) is 12.1 Å². The van der Waals surface area contributed by atoms with Crippen LogP contribution in [0.5, 0.6) is 17.2 Å². The van der Waals surface area contributed by atoms with Crippen LogP contribution in [-0.2, 0) is 0 Å². The normalized spacial score (nSPS) is 9.68. The molecule has 0 atom stereocenters. The molecule has 0 aromatic heterocycles. The molecule has 2 aromatic rings. The number of carbonyl (C=O) groups excluding carboxylic acids is 1. The molecular weight excluding hydrogens is 282 g/mol. The van der Waals surface area contributed by atoms with Crippen molar-refractivity contribution in [2.45, 2.75) is 6.92 Å². The van der Waals surface area contributed by atoms with E-state index in [9.17, 15) is 4.79 Å². The second kappa shape index (κ2) is 7.14. The Morgan fingerprint density at radius 3 is 2.59 bits per heavy atom. The van der Waals surface area contributed by atoms with E-state index in [0.29, 0.717) is 29.2 Å². The Labute approximate surface area is 128 Å². The third kappa shape index (κ3) is 3.36. The molecule has 0 aliphatic carbocycles. The standard InChI is InChI=1S/C17H15NO4/c1-3-21-16-10-12(11-18)8-9-15(16)22-17(19)13-6-4-5-7-14(13)20-2/h4-10H,3H2,1-2H3. The number of ether oxygens (including phenoxy) is 3. The van der Waals surface area contributed by atoms with E-state index in [1.807, 2.05) is 13.0 Å². The number of hydrogen-bond donors (Lipinski definition) is 0. The zero-order valence-corrected chi connectivity index (χ0v) is 12.3. The van der Waals surface area contributed by atoms with Crippen LogP contribution in [0, 0.1) is 11.3 Å². The minimum Gasteiger partial charge on any atom is -0.496 e. The Hall–Kier alpha value is -3.00. The number of hydrogen-bond acceptors (Lipinski definition) is 5. The summed E-state index contributed by atoms with van der Waals surface area (Å²) < 4.78 is 15.9. The smallest absolute Gasteiger partial charge is 0.347 e. The molecule has 112 valence electrons. The number of benzene rings is 2. The van der Waals surface area contributed by atoms with Crippen molar-refractivity contribution < 1.29 is 19.0 Å². The van der Waals surface area contributed by atoms with Crippen LogP contribution in [0.4, 0.5) is 0 Å². The van der Waals surface area contributed by atoms with E-state index in [4.69, 9.17) is 19.5 Å². The second-order valence-corrected chi connectivity index (χ2v) is 4.30. The predicted molar refractivity (Wildman–Crippen MR) is 80.3 cm³/mol. The number of nitriles is 1. The SMILES string of the molecule is CCOc1cc(C#N)ccc1OC(=O)c1ccccc1OC. The molecule has 0 unspecified atom stereocenters. The monoisotopic (exact) mass is 297 g/mol. The van der Waals surface area contributed by atoms with Gasteiger partial charge in [-0.25, -0.2) is 4.79 Å². The van der Waals surface area contributed by atoms with Crippen molar-refractivity contribution in [3.05, 3.63) is 53.6 Å². The Balaban J connectivity index is 2.30. The fourth-order valence-electron chi connectivity index (χ4n) is 1.90. The average molecular weight is 297 g/mol. The highest BCUT2D eigenvalue weighted by molar-refractivity contribution is 5.94. The minimum absolute atomic E-state index is 0.261. The van der Waals surface area contributed by atoms with E-state index in [0.717, 1.165) is 0 Å². The van der Waals surface area contributed by atoms with Crippen LogP contribution in [-0.4, -0.2) is 19.7 Å². The van der Waals surface area contributed by atoms with Gasteiger partial charge in [-0.2, -0.15) is 5.26 Å². The van der Waals surface area contributed by atoms with Gasteiger partial charge in [-0.15, -0.1) is 0 Å². The molecule has 2 aromatic carbocycles. The van der Waals surface area contributed by atoms with Crippen molar-refractivity contribution >= 4 is 5.97 Å². The highest BCUT2D eigenvalue weighted by Crippen LogP contribution is 2.30. The molecule has 0 radical (unpaired) electrons. The van der Waals surface area contributed by atoms with Gasteiger partial charge in [0.2, 0.25) is 0 Å². The van der Waals surface area contributed by atoms with Crippen LogP contribution in [0.25, 0.3) is 0 Å². The van der Waals surface area contributed by atoms with Crippen molar-refractivity contribution in [2.75, 3.05) is 13.7 Å². The number of carbonyl (C=O) groups is 1. The quantitative estimate of drug-likeness (QED) is 0.626. The molecule has 0 bridgehead atoms. The maximum absolute atomic E-state index is 12.3. The fourth-order valence-corrected chi connectivity index (χ4v) is 1.90. The molecule has 0 N–H and O–H groups in total. The number of nitrogens with zero attached hydrogens (tertiary/aromatic N) is 1. The van der Waals surface area contributed by atoms with Crippen molar-refractivity contribution in [3.63, 3.8) is 0 Å². The largest absolute Gasteiger partial charge is 0.496 e. The number of methoxy groups -OCH3 is 1. The predicted octanol–water partition coefficient (Wildman–Crippen LogP) is 3.18. The lowest BCUT2D eigenvalue weighted by Gasteiger charge is -2.12. The van der Waals surface area contributed by atoms with Crippen molar-refractivity contribution in [2.24, 2.45) is 0 Å². The lowest BCUT2D eigenvalue weighted by atomic mass is 10.2. The summed E-state index contributed by atoms with van der Waals surface area (Å²) in [5.41, 5.74) is 0.748. The first-order valence-corrected chi connectivity index (χ1v) is 6.71. The first-order chi connectivity index (χ1) is 10.7. The van der Waals surface area contributed by atoms with Gasteiger partial charge in [-0.3, -0.25) is 0 Å². The summed E-state index contributed by atoms with van der Waals surface area (Å²) in [5, 5.41) is 8.92. The Kier molecular flexibility index (Phi) is 4.99. The molecule has 0 heterocycles. The summed E-state index contributed by atoms with van der Waals surface area (Å²) in [6.07, 6.45) is 0. The van der Waals surface area contributed by atoms with Crippen LogP contribution >= 0.6 is 0 Å². The maximum Gasteiger partial charge on any atom is 0.347 e. The Morgan fingerprint density at radius 2 is 1.91 bits per heavy atom. The zero-order chi connectivity index (χ0) is 15.9. The molecule has 22 heavy (non-hydrogen) atoms. The van der Waals surface area contributed by atoms with Crippen LogP contribution in [0.2, 0.25) is 0 Å². The van der Waals surface area contributed by atoms with Crippen LogP contribution in [0.1, 0.15) is 22.8 Å². The molecule has 0 aliphatic rings. The molecular formula is C17H15NO4. The van der Waals surface area contributed by atoms with Gasteiger partial charge in [0.25, 0.3) is 0 Å². The average Bonchev–Trinajstić information content (AvgIpc) is 2.56. The summed E-state index contributed by atoms with van der Waals surface area (Å²) in [4.78, 5) is 12.3. The highest BCUT2D eigenvalue weighted by atomic mass is 16.6. The summed E-state index contributed by atoms with van der Waals surface area (Å²) in [6.45, 7) is 2.21. The summed E-state index contributed by atoms with van der Waals surface area (Å²) >= 11 is 0. The van der Waals surface area contributed by atoms with E-state index < -0.39 is 5.97 Å². The maximum atomic E-state index is 12.3. The molecule has 5 heteroatoms. The second-order valence-electron chi connectivity index (χ2n) is 4.30. The molecule has 2 rings (SSSR count). The number of para-hydroxylation sites is 1. The van der Waals surface area contributed by atoms with Crippen LogP contribution < -0.4 is 14.2 Å². The van der Waals surface area contributed by atoms with Gasteiger partial charge in [0.05, 0.1) is 25.3 Å². The van der Waals surface area contributed by atoms with Gasteiger partial charge in [-0.05, 0) is 31.2 Å². The van der Waals surface area contributed by atoms with Crippen molar-refractivity contribution in [3.8, 4) is 23.3 Å². The minimum atomic E-state index is -0.553. The van der Waals surface area contributed by atoms with Gasteiger partial charge in [0, 0.05) is 6.07 Å². The summed E-state index contributed by atoms with van der Waals surface area (Å²) in [6, 6.07) is 13.4.